The fraction of sp³-hybridized carbons (Fsp3) is 0.500. The van der Waals surface area contributed by atoms with Crippen LogP contribution in [0.1, 0.15) is 25.1 Å². The minimum Gasteiger partial charge on any atom is -0.375 e. The van der Waals surface area contributed by atoms with Crippen LogP contribution in [-0.2, 0) is 14.9 Å². The van der Waals surface area contributed by atoms with Gasteiger partial charge in [0.15, 0.2) is 5.82 Å². The molecule has 1 amide bonds. The van der Waals surface area contributed by atoms with Gasteiger partial charge in [-0.05, 0) is 30.9 Å². The number of methoxy groups -OCH3 is 1. The van der Waals surface area contributed by atoms with E-state index in [-0.39, 0.29) is 17.9 Å². The molecule has 6 nitrogen and oxygen atoms in total. The van der Waals surface area contributed by atoms with Gasteiger partial charge < -0.3 is 14.2 Å². The normalized spacial score (nSPS) is 25.9. The monoisotopic (exact) mass is 327 g/mol. The minimum absolute atomic E-state index is 0.0399. The average molecular weight is 327 g/mol. The van der Waals surface area contributed by atoms with Crippen molar-refractivity contribution < 1.29 is 14.1 Å². The SMILES string of the molecule is COCC(=O)N1C[C@H]2CCC[C@@]2(c2noc(-c3ccccc3)n2)C1. The molecule has 0 unspecified atom stereocenters. The lowest BCUT2D eigenvalue weighted by molar-refractivity contribution is -0.134. The van der Waals surface area contributed by atoms with Crippen LogP contribution in [0.25, 0.3) is 11.5 Å². The van der Waals surface area contributed by atoms with Crippen molar-refractivity contribution in [2.75, 3.05) is 26.8 Å². The Bertz CT molecular complexity index is 730. The zero-order chi connectivity index (χ0) is 16.6. The largest absolute Gasteiger partial charge is 0.375 e. The number of aromatic nitrogens is 2. The fourth-order valence-electron chi connectivity index (χ4n) is 4.18. The number of carbonyl (C=O) groups is 1. The lowest BCUT2D eigenvalue weighted by Crippen LogP contribution is -2.36. The zero-order valence-electron chi connectivity index (χ0n) is 13.8. The van der Waals surface area contributed by atoms with Crippen LogP contribution in [0.15, 0.2) is 34.9 Å². The van der Waals surface area contributed by atoms with E-state index in [2.05, 4.69) is 10.1 Å². The highest BCUT2D eigenvalue weighted by molar-refractivity contribution is 5.78. The van der Waals surface area contributed by atoms with Crippen molar-refractivity contribution >= 4 is 5.91 Å². The topological polar surface area (TPSA) is 68.5 Å². The van der Waals surface area contributed by atoms with Crippen molar-refractivity contribution in [3.63, 3.8) is 0 Å². The number of hydrogen-bond donors (Lipinski definition) is 0. The molecule has 0 bridgehead atoms. The highest BCUT2D eigenvalue weighted by Crippen LogP contribution is 2.49. The summed E-state index contributed by atoms with van der Waals surface area (Å²) in [5, 5.41) is 4.29. The van der Waals surface area contributed by atoms with Crippen molar-refractivity contribution in [2.24, 2.45) is 5.92 Å². The number of fused-ring (bicyclic) bond motifs is 1. The Morgan fingerprint density at radius 1 is 1.42 bits per heavy atom. The van der Waals surface area contributed by atoms with E-state index >= 15 is 0 Å². The molecule has 1 aromatic heterocycles. The first-order chi connectivity index (χ1) is 11.7. The summed E-state index contributed by atoms with van der Waals surface area (Å²) in [6, 6.07) is 9.80. The highest BCUT2D eigenvalue weighted by Gasteiger charge is 2.54. The quantitative estimate of drug-likeness (QED) is 0.861. The van der Waals surface area contributed by atoms with E-state index in [9.17, 15) is 4.79 Å². The zero-order valence-corrected chi connectivity index (χ0v) is 13.8. The Labute approximate surface area is 140 Å². The number of amides is 1. The number of carbonyl (C=O) groups excluding carboxylic acids is 1. The molecule has 2 heterocycles. The summed E-state index contributed by atoms with van der Waals surface area (Å²) in [6.45, 7) is 1.55. The fourth-order valence-corrected chi connectivity index (χ4v) is 4.18. The Morgan fingerprint density at radius 2 is 2.25 bits per heavy atom. The van der Waals surface area contributed by atoms with Gasteiger partial charge in [-0.15, -0.1) is 0 Å². The van der Waals surface area contributed by atoms with Gasteiger partial charge in [0.25, 0.3) is 5.89 Å². The molecule has 2 aromatic rings. The van der Waals surface area contributed by atoms with E-state index in [4.69, 9.17) is 9.26 Å². The first kappa shape index (κ1) is 15.3. The summed E-state index contributed by atoms with van der Waals surface area (Å²) in [4.78, 5) is 18.8. The van der Waals surface area contributed by atoms with Gasteiger partial charge in [-0.2, -0.15) is 4.98 Å². The van der Waals surface area contributed by atoms with Gasteiger partial charge in [0.1, 0.15) is 6.61 Å². The van der Waals surface area contributed by atoms with Gasteiger partial charge in [-0.3, -0.25) is 4.79 Å². The van der Waals surface area contributed by atoms with Gasteiger partial charge >= 0.3 is 0 Å². The molecule has 0 spiro atoms. The van der Waals surface area contributed by atoms with Gasteiger partial charge in [0, 0.05) is 25.8 Å². The summed E-state index contributed by atoms with van der Waals surface area (Å²) in [5.41, 5.74) is 0.757. The maximum Gasteiger partial charge on any atom is 0.257 e. The summed E-state index contributed by atoms with van der Waals surface area (Å²) < 4.78 is 10.5. The molecule has 1 aliphatic carbocycles. The smallest absolute Gasteiger partial charge is 0.257 e. The van der Waals surface area contributed by atoms with E-state index in [1.807, 2.05) is 35.2 Å². The molecular weight excluding hydrogens is 306 g/mol. The van der Waals surface area contributed by atoms with Crippen molar-refractivity contribution in [3.05, 3.63) is 36.2 Å². The van der Waals surface area contributed by atoms with Crippen LogP contribution in [0.2, 0.25) is 0 Å². The van der Waals surface area contributed by atoms with Crippen molar-refractivity contribution in [1.82, 2.24) is 15.0 Å². The first-order valence-electron chi connectivity index (χ1n) is 8.39. The molecule has 0 N–H and O–H groups in total. The number of benzene rings is 1. The standard InChI is InChI=1S/C18H21N3O3/c1-23-11-15(22)21-10-14-8-5-9-18(14,12-21)17-19-16(24-20-17)13-6-3-2-4-7-13/h2-4,6-7,14H,5,8-12H2,1H3/t14-,18-/m1/s1. The third-order valence-corrected chi connectivity index (χ3v) is 5.38. The van der Waals surface area contributed by atoms with E-state index in [1.54, 1.807) is 7.11 Å². The van der Waals surface area contributed by atoms with Gasteiger partial charge in [0.2, 0.25) is 5.91 Å². The molecule has 126 valence electrons. The molecule has 2 fully saturated rings. The van der Waals surface area contributed by atoms with E-state index in [0.717, 1.165) is 37.2 Å². The Hall–Kier alpha value is -2.21. The van der Waals surface area contributed by atoms with Crippen LogP contribution in [0.5, 0.6) is 0 Å². The lowest BCUT2D eigenvalue weighted by Gasteiger charge is -2.24. The second-order valence-corrected chi connectivity index (χ2v) is 6.74. The number of hydrogen-bond acceptors (Lipinski definition) is 5. The number of nitrogens with zero attached hydrogens (tertiary/aromatic N) is 3. The molecular formula is C18H21N3O3. The molecule has 1 aromatic carbocycles. The summed E-state index contributed by atoms with van der Waals surface area (Å²) in [7, 11) is 1.55. The van der Waals surface area contributed by atoms with Crippen LogP contribution in [0.3, 0.4) is 0 Å². The minimum atomic E-state index is -0.167. The van der Waals surface area contributed by atoms with E-state index < -0.39 is 0 Å². The number of ether oxygens (including phenoxy) is 1. The van der Waals surface area contributed by atoms with Crippen LogP contribution in [0.4, 0.5) is 0 Å². The predicted molar refractivity (Wildman–Crippen MR) is 87.2 cm³/mol. The summed E-state index contributed by atoms with van der Waals surface area (Å²) >= 11 is 0. The first-order valence-corrected chi connectivity index (χ1v) is 8.39. The number of rotatable bonds is 4. The summed E-state index contributed by atoms with van der Waals surface area (Å²) in [5.74, 6) is 1.74. The van der Waals surface area contributed by atoms with Crippen molar-refractivity contribution in [1.29, 1.82) is 0 Å². The van der Waals surface area contributed by atoms with E-state index in [0.29, 0.717) is 18.4 Å². The van der Waals surface area contributed by atoms with Crippen molar-refractivity contribution in [2.45, 2.75) is 24.7 Å². The van der Waals surface area contributed by atoms with Crippen molar-refractivity contribution in [3.8, 4) is 11.5 Å². The molecule has 4 rings (SSSR count). The second kappa shape index (κ2) is 6.02. The maximum atomic E-state index is 12.2. The van der Waals surface area contributed by atoms with Crippen LogP contribution in [-0.4, -0.2) is 47.8 Å². The van der Waals surface area contributed by atoms with Gasteiger partial charge in [-0.25, -0.2) is 0 Å². The molecule has 2 aliphatic rings. The van der Waals surface area contributed by atoms with Gasteiger partial charge in [0.05, 0.1) is 5.41 Å². The Kier molecular flexibility index (Phi) is 3.84. The third-order valence-electron chi connectivity index (χ3n) is 5.38. The Morgan fingerprint density at radius 3 is 3.04 bits per heavy atom. The molecule has 24 heavy (non-hydrogen) atoms. The predicted octanol–water partition coefficient (Wildman–Crippen LogP) is 2.26. The van der Waals surface area contributed by atoms with E-state index in [1.165, 1.54) is 0 Å². The van der Waals surface area contributed by atoms with Crippen LogP contribution in [0, 0.1) is 5.92 Å². The average Bonchev–Trinajstić information content (AvgIpc) is 3.29. The molecule has 6 heteroatoms. The van der Waals surface area contributed by atoms with Gasteiger partial charge in [-0.1, -0.05) is 29.8 Å². The molecule has 0 radical (unpaired) electrons. The second-order valence-electron chi connectivity index (χ2n) is 6.74. The molecule has 1 saturated carbocycles. The molecule has 2 atom stereocenters. The number of likely N-dealkylation sites (tertiary alicyclic amines) is 1. The Balaban J connectivity index is 1.62. The third kappa shape index (κ3) is 2.41. The molecule has 1 saturated heterocycles. The lowest BCUT2D eigenvalue weighted by atomic mass is 9.80. The maximum absolute atomic E-state index is 12.2. The summed E-state index contributed by atoms with van der Waals surface area (Å²) in [6.07, 6.45) is 3.25. The van der Waals surface area contributed by atoms with Crippen LogP contribution < -0.4 is 0 Å². The highest BCUT2D eigenvalue weighted by atomic mass is 16.5. The molecule has 1 aliphatic heterocycles. The van der Waals surface area contributed by atoms with Crippen LogP contribution >= 0.6 is 0 Å².